The summed E-state index contributed by atoms with van der Waals surface area (Å²) in [7, 11) is 0. The summed E-state index contributed by atoms with van der Waals surface area (Å²) >= 11 is 4.61. The molecule has 1 heterocycles. The van der Waals surface area contributed by atoms with E-state index in [4.69, 9.17) is 9.47 Å². The van der Waals surface area contributed by atoms with Crippen molar-refractivity contribution in [3.63, 3.8) is 0 Å². The van der Waals surface area contributed by atoms with Crippen LogP contribution in [-0.4, -0.2) is 23.4 Å². The fourth-order valence-electron chi connectivity index (χ4n) is 3.28. The standard InChI is InChI=1S/C26H22BrN3O6S/c1-4-35-26(32)23-15(2)16(3)37-25(23)29-24(31)19(13-28)11-18-12-20(27)7-10-22(18)36-14-17-5-8-21(9-6-17)30(33)34/h5-12H,4,14H2,1-3H3,(H,29,31)/b19-11+. The number of carbonyl (C=O) groups excluding carboxylic acids is 2. The zero-order valence-electron chi connectivity index (χ0n) is 20.2. The average molecular weight is 584 g/mol. The molecule has 0 aliphatic rings. The fourth-order valence-corrected chi connectivity index (χ4v) is 4.70. The number of nitrogens with one attached hydrogen (secondary N) is 1. The molecule has 0 aliphatic carbocycles. The van der Waals surface area contributed by atoms with Gasteiger partial charge in [-0.15, -0.1) is 11.3 Å². The zero-order valence-corrected chi connectivity index (χ0v) is 22.6. The molecule has 0 saturated carbocycles. The molecule has 2 aromatic carbocycles. The van der Waals surface area contributed by atoms with Gasteiger partial charge in [-0.2, -0.15) is 5.26 Å². The van der Waals surface area contributed by atoms with Gasteiger partial charge < -0.3 is 14.8 Å². The second-order valence-corrected chi connectivity index (χ2v) is 9.87. The molecule has 0 spiro atoms. The lowest BCUT2D eigenvalue weighted by Gasteiger charge is -2.11. The van der Waals surface area contributed by atoms with E-state index < -0.39 is 16.8 Å². The lowest BCUT2D eigenvalue weighted by atomic mass is 10.1. The number of anilines is 1. The third kappa shape index (κ3) is 6.81. The molecule has 0 saturated heterocycles. The Kier molecular flexibility index (Phi) is 9.16. The van der Waals surface area contributed by atoms with Crippen molar-refractivity contribution in [1.82, 2.24) is 0 Å². The van der Waals surface area contributed by atoms with Crippen molar-refractivity contribution in [2.24, 2.45) is 0 Å². The van der Waals surface area contributed by atoms with Crippen LogP contribution in [0, 0.1) is 35.3 Å². The van der Waals surface area contributed by atoms with Gasteiger partial charge in [-0.1, -0.05) is 15.9 Å². The van der Waals surface area contributed by atoms with Crippen LogP contribution in [0.25, 0.3) is 6.08 Å². The molecule has 1 aromatic heterocycles. The molecule has 1 N–H and O–H groups in total. The van der Waals surface area contributed by atoms with Gasteiger partial charge in [0.2, 0.25) is 0 Å². The Hall–Kier alpha value is -4.01. The largest absolute Gasteiger partial charge is 0.488 e. The summed E-state index contributed by atoms with van der Waals surface area (Å²) in [5, 5.41) is 23.6. The van der Waals surface area contributed by atoms with Crippen LogP contribution in [0.2, 0.25) is 0 Å². The van der Waals surface area contributed by atoms with E-state index in [-0.39, 0.29) is 30.0 Å². The Balaban J connectivity index is 1.85. The summed E-state index contributed by atoms with van der Waals surface area (Å²) in [6.07, 6.45) is 1.39. The molecular formula is C26H22BrN3O6S. The van der Waals surface area contributed by atoms with Crippen LogP contribution in [0.5, 0.6) is 5.75 Å². The van der Waals surface area contributed by atoms with E-state index in [0.717, 1.165) is 4.88 Å². The number of esters is 1. The Morgan fingerprint density at radius 3 is 2.54 bits per heavy atom. The van der Waals surface area contributed by atoms with Crippen LogP contribution >= 0.6 is 27.3 Å². The van der Waals surface area contributed by atoms with Crippen LogP contribution in [0.15, 0.2) is 52.5 Å². The third-order valence-corrected chi connectivity index (χ3v) is 6.89. The van der Waals surface area contributed by atoms with Crippen molar-refractivity contribution in [2.75, 3.05) is 11.9 Å². The SMILES string of the molecule is CCOC(=O)c1c(NC(=O)/C(C#N)=C/c2cc(Br)ccc2OCc2ccc([N+](=O)[O-])cc2)sc(C)c1C. The Labute approximate surface area is 225 Å². The minimum atomic E-state index is -0.685. The van der Waals surface area contributed by atoms with Crippen LogP contribution in [0.4, 0.5) is 10.7 Å². The Bertz CT molecular complexity index is 1420. The number of halogens is 1. The van der Waals surface area contributed by atoms with Crippen LogP contribution < -0.4 is 10.1 Å². The molecule has 190 valence electrons. The number of nitrogens with zero attached hydrogens (tertiary/aromatic N) is 2. The zero-order chi connectivity index (χ0) is 27.1. The van der Waals surface area contributed by atoms with Gasteiger partial charge in [-0.05, 0) is 68.3 Å². The van der Waals surface area contributed by atoms with Crippen molar-refractivity contribution in [1.29, 1.82) is 5.26 Å². The number of amides is 1. The van der Waals surface area contributed by atoms with Gasteiger partial charge in [0.25, 0.3) is 11.6 Å². The number of ether oxygens (including phenoxy) is 2. The molecule has 0 fully saturated rings. The summed E-state index contributed by atoms with van der Waals surface area (Å²) in [5.41, 5.74) is 1.92. The van der Waals surface area contributed by atoms with Crippen molar-refractivity contribution >= 4 is 55.9 Å². The molecule has 3 aromatic rings. The molecule has 0 atom stereocenters. The van der Waals surface area contributed by atoms with Crippen molar-refractivity contribution in [3.8, 4) is 11.8 Å². The maximum absolute atomic E-state index is 13.0. The molecule has 0 radical (unpaired) electrons. The van der Waals surface area contributed by atoms with Crippen LogP contribution in [-0.2, 0) is 16.1 Å². The van der Waals surface area contributed by atoms with E-state index in [9.17, 15) is 25.0 Å². The van der Waals surface area contributed by atoms with Crippen LogP contribution in [0.1, 0.15) is 38.8 Å². The molecule has 0 aliphatic heterocycles. The van der Waals surface area contributed by atoms with Crippen molar-refractivity contribution < 1.29 is 24.0 Å². The maximum atomic E-state index is 13.0. The average Bonchev–Trinajstić information content (AvgIpc) is 3.14. The number of hydrogen-bond acceptors (Lipinski definition) is 8. The Morgan fingerprint density at radius 1 is 1.22 bits per heavy atom. The van der Waals surface area contributed by atoms with Gasteiger partial charge in [0, 0.05) is 27.0 Å². The van der Waals surface area contributed by atoms with Gasteiger partial charge in [0.05, 0.1) is 17.1 Å². The summed E-state index contributed by atoms with van der Waals surface area (Å²) in [5.74, 6) is -0.830. The monoisotopic (exact) mass is 583 g/mol. The Morgan fingerprint density at radius 2 is 1.92 bits per heavy atom. The number of rotatable bonds is 9. The second-order valence-electron chi connectivity index (χ2n) is 7.73. The van der Waals surface area contributed by atoms with Crippen LogP contribution in [0.3, 0.4) is 0 Å². The first-order valence-electron chi connectivity index (χ1n) is 11.0. The number of hydrogen-bond donors (Lipinski definition) is 1. The highest BCUT2D eigenvalue weighted by Gasteiger charge is 2.23. The lowest BCUT2D eigenvalue weighted by molar-refractivity contribution is -0.384. The number of nitriles is 1. The molecule has 9 nitrogen and oxygen atoms in total. The summed E-state index contributed by atoms with van der Waals surface area (Å²) in [6, 6.07) is 13.0. The molecule has 0 bridgehead atoms. The highest BCUT2D eigenvalue weighted by Crippen LogP contribution is 2.34. The topological polar surface area (TPSA) is 132 Å². The quantitative estimate of drug-likeness (QED) is 0.102. The molecular weight excluding hydrogens is 562 g/mol. The second kappa shape index (κ2) is 12.3. The molecule has 1 amide bonds. The van der Waals surface area contributed by atoms with E-state index in [1.54, 1.807) is 44.2 Å². The number of thiophene rings is 1. The predicted molar refractivity (Wildman–Crippen MR) is 144 cm³/mol. The number of non-ortho nitro benzene ring substituents is 1. The number of nitro groups is 1. The highest BCUT2D eigenvalue weighted by atomic mass is 79.9. The lowest BCUT2D eigenvalue weighted by Crippen LogP contribution is -2.16. The molecule has 3 rings (SSSR count). The van der Waals surface area contributed by atoms with E-state index in [0.29, 0.717) is 31.9 Å². The van der Waals surface area contributed by atoms with Crippen molar-refractivity contribution in [2.45, 2.75) is 27.4 Å². The minimum Gasteiger partial charge on any atom is -0.488 e. The first kappa shape index (κ1) is 27.6. The van der Waals surface area contributed by atoms with E-state index in [1.165, 1.54) is 29.5 Å². The number of carbonyl (C=O) groups is 2. The highest BCUT2D eigenvalue weighted by molar-refractivity contribution is 9.10. The van der Waals surface area contributed by atoms with E-state index >= 15 is 0 Å². The van der Waals surface area contributed by atoms with Gasteiger partial charge >= 0.3 is 5.97 Å². The number of nitro benzene ring substituents is 1. The summed E-state index contributed by atoms with van der Waals surface area (Å²) < 4.78 is 11.7. The summed E-state index contributed by atoms with van der Waals surface area (Å²) in [4.78, 5) is 36.7. The normalized spacial score (nSPS) is 10.9. The molecule has 11 heteroatoms. The maximum Gasteiger partial charge on any atom is 0.341 e. The van der Waals surface area contributed by atoms with E-state index in [2.05, 4.69) is 21.2 Å². The van der Waals surface area contributed by atoms with Gasteiger partial charge in [-0.25, -0.2) is 4.79 Å². The smallest absolute Gasteiger partial charge is 0.341 e. The van der Waals surface area contributed by atoms with Crippen molar-refractivity contribution in [3.05, 3.63) is 89.8 Å². The molecule has 37 heavy (non-hydrogen) atoms. The molecule has 0 unspecified atom stereocenters. The predicted octanol–water partition coefficient (Wildman–Crippen LogP) is 6.34. The fraction of sp³-hybridized carbons (Fsp3) is 0.192. The first-order valence-corrected chi connectivity index (χ1v) is 12.6. The van der Waals surface area contributed by atoms with Gasteiger partial charge in [0.1, 0.15) is 29.0 Å². The number of aryl methyl sites for hydroxylation is 1. The van der Waals surface area contributed by atoms with E-state index in [1.807, 2.05) is 13.0 Å². The third-order valence-electron chi connectivity index (χ3n) is 5.27. The van der Waals surface area contributed by atoms with Gasteiger partial charge in [-0.3, -0.25) is 14.9 Å². The first-order chi connectivity index (χ1) is 17.6. The minimum absolute atomic E-state index is 0.0251. The summed E-state index contributed by atoms with van der Waals surface area (Å²) in [6.45, 7) is 5.60. The van der Waals surface area contributed by atoms with Gasteiger partial charge in [0.15, 0.2) is 0 Å². The number of benzene rings is 2.